The Hall–Kier alpha value is -3.03. The molecule has 4 rings (SSSR count). The van der Waals surface area contributed by atoms with E-state index in [-0.39, 0.29) is 11.8 Å². The molecule has 2 N–H and O–H groups in total. The van der Waals surface area contributed by atoms with Gasteiger partial charge in [0, 0.05) is 36.4 Å². The average molecular weight is 435 g/mol. The first-order chi connectivity index (χ1) is 15.1. The first-order valence-electron chi connectivity index (χ1n) is 10.5. The average Bonchev–Trinajstić information content (AvgIpc) is 3.21. The van der Waals surface area contributed by atoms with E-state index in [1.807, 2.05) is 36.4 Å². The molecule has 1 atom stereocenters. The van der Waals surface area contributed by atoms with Gasteiger partial charge in [-0.3, -0.25) is 14.5 Å². The molecule has 0 fully saturated rings. The fourth-order valence-electron chi connectivity index (χ4n) is 3.65. The molecular weight excluding hydrogens is 408 g/mol. The van der Waals surface area contributed by atoms with Crippen LogP contribution in [-0.4, -0.2) is 40.8 Å². The molecule has 31 heavy (non-hydrogen) atoms. The molecule has 0 radical (unpaired) electrons. The van der Waals surface area contributed by atoms with E-state index >= 15 is 0 Å². The Morgan fingerprint density at radius 2 is 1.81 bits per heavy atom. The Labute approximate surface area is 186 Å². The minimum absolute atomic E-state index is 0.258. The Bertz CT molecular complexity index is 1040. The number of carbonyl (C=O) groups is 2. The van der Waals surface area contributed by atoms with E-state index in [0.717, 1.165) is 37.3 Å². The molecule has 0 aliphatic carbocycles. The van der Waals surface area contributed by atoms with Gasteiger partial charge in [-0.25, -0.2) is 4.98 Å². The molecule has 2 aromatic carbocycles. The highest BCUT2D eigenvalue weighted by molar-refractivity contribution is 7.15. The van der Waals surface area contributed by atoms with E-state index in [1.165, 1.54) is 16.2 Å². The highest BCUT2D eigenvalue weighted by Gasteiger charge is 2.25. The third-order valence-corrected chi connectivity index (χ3v) is 6.43. The maximum atomic E-state index is 13.1. The van der Waals surface area contributed by atoms with Crippen LogP contribution in [0.5, 0.6) is 0 Å². The Kier molecular flexibility index (Phi) is 6.74. The van der Waals surface area contributed by atoms with E-state index in [0.29, 0.717) is 17.1 Å². The molecule has 160 valence electrons. The zero-order valence-corrected chi connectivity index (χ0v) is 18.3. The van der Waals surface area contributed by atoms with Crippen molar-refractivity contribution in [3.63, 3.8) is 0 Å². The topological polar surface area (TPSA) is 74.3 Å². The summed E-state index contributed by atoms with van der Waals surface area (Å²) in [6.45, 7) is 5.02. The van der Waals surface area contributed by atoms with Gasteiger partial charge in [-0.1, -0.05) is 55.5 Å². The number of rotatable bonds is 7. The first kappa shape index (κ1) is 21.2. The van der Waals surface area contributed by atoms with Gasteiger partial charge >= 0.3 is 0 Å². The van der Waals surface area contributed by atoms with Gasteiger partial charge in [0.05, 0.1) is 5.69 Å². The summed E-state index contributed by atoms with van der Waals surface area (Å²) in [5, 5.41) is 6.44. The van der Waals surface area contributed by atoms with Crippen LogP contribution in [0.1, 0.15) is 33.4 Å². The Morgan fingerprint density at radius 1 is 1.10 bits per heavy atom. The number of hydrogen-bond acceptors (Lipinski definition) is 5. The predicted molar refractivity (Wildman–Crippen MR) is 123 cm³/mol. The number of benzene rings is 2. The minimum atomic E-state index is -0.705. The second-order valence-electron chi connectivity index (χ2n) is 7.58. The number of nitrogens with zero attached hydrogens (tertiary/aromatic N) is 2. The van der Waals surface area contributed by atoms with Crippen molar-refractivity contribution < 1.29 is 9.59 Å². The van der Waals surface area contributed by atoms with Crippen LogP contribution in [0.4, 0.5) is 5.13 Å². The molecule has 0 saturated heterocycles. The number of aromatic nitrogens is 1. The first-order valence-corrected chi connectivity index (χ1v) is 11.4. The third kappa shape index (κ3) is 5.37. The highest BCUT2D eigenvalue weighted by Crippen LogP contribution is 2.28. The molecule has 1 aromatic heterocycles. The van der Waals surface area contributed by atoms with Crippen molar-refractivity contribution in [2.75, 3.05) is 18.4 Å². The van der Waals surface area contributed by atoms with Crippen molar-refractivity contribution in [2.45, 2.75) is 32.4 Å². The number of anilines is 1. The molecular formula is C24H26N4O2S. The van der Waals surface area contributed by atoms with Crippen LogP contribution in [0.15, 0.2) is 60.7 Å². The van der Waals surface area contributed by atoms with Crippen molar-refractivity contribution in [1.82, 2.24) is 15.2 Å². The van der Waals surface area contributed by atoms with Crippen LogP contribution < -0.4 is 10.6 Å². The molecule has 0 bridgehead atoms. The van der Waals surface area contributed by atoms with Crippen molar-refractivity contribution in [3.05, 3.63) is 82.4 Å². The smallest absolute Gasteiger partial charge is 0.251 e. The molecule has 2 amide bonds. The lowest BCUT2D eigenvalue weighted by molar-refractivity contribution is -0.118. The summed E-state index contributed by atoms with van der Waals surface area (Å²) in [5.74, 6) is -0.528. The SMILES string of the molecule is CCN1CCc2nc(NC(=O)C(Cc3ccccc3)NC(=O)c3ccccc3)sc2C1. The molecule has 2 heterocycles. The van der Waals surface area contributed by atoms with Gasteiger partial charge in [0.2, 0.25) is 5.91 Å². The van der Waals surface area contributed by atoms with Crippen LogP contribution >= 0.6 is 11.3 Å². The van der Waals surface area contributed by atoms with Gasteiger partial charge in [0.15, 0.2) is 5.13 Å². The van der Waals surface area contributed by atoms with Gasteiger partial charge in [0.1, 0.15) is 6.04 Å². The van der Waals surface area contributed by atoms with Gasteiger partial charge in [-0.15, -0.1) is 11.3 Å². The maximum Gasteiger partial charge on any atom is 0.251 e. The summed E-state index contributed by atoms with van der Waals surface area (Å²) in [4.78, 5) is 34.1. The summed E-state index contributed by atoms with van der Waals surface area (Å²) >= 11 is 1.52. The van der Waals surface area contributed by atoms with E-state index in [9.17, 15) is 9.59 Å². The zero-order chi connectivity index (χ0) is 21.6. The number of nitrogens with one attached hydrogen (secondary N) is 2. The molecule has 1 aliphatic heterocycles. The summed E-state index contributed by atoms with van der Waals surface area (Å²) in [6, 6.07) is 17.9. The molecule has 7 heteroatoms. The van der Waals surface area contributed by atoms with Gasteiger partial charge in [-0.05, 0) is 24.2 Å². The monoisotopic (exact) mass is 434 g/mol. The number of likely N-dealkylation sites (N-methyl/N-ethyl adjacent to an activating group) is 1. The predicted octanol–water partition coefficient (Wildman–Crippen LogP) is 3.50. The summed E-state index contributed by atoms with van der Waals surface area (Å²) in [7, 11) is 0. The number of thiazole rings is 1. The van der Waals surface area contributed by atoms with Gasteiger partial charge in [0.25, 0.3) is 5.91 Å². The van der Waals surface area contributed by atoms with Crippen LogP contribution in [0, 0.1) is 0 Å². The van der Waals surface area contributed by atoms with Crippen molar-refractivity contribution in [3.8, 4) is 0 Å². The van der Waals surface area contributed by atoms with E-state index in [1.54, 1.807) is 24.3 Å². The zero-order valence-electron chi connectivity index (χ0n) is 17.5. The summed E-state index contributed by atoms with van der Waals surface area (Å²) in [6.07, 6.45) is 1.30. The standard InChI is InChI=1S/C24H26N4O2S/c1-2-28-14-13-19-21(16-28)31-24(26-19)27-23(30)20(15-17-9-5-3-6-10-17)25-22(29)18-11-7-4-8-12-18/h3-12,20H,2,13-16H2,1H3,(H,25,29)(H,26,27,30). The molecule has 0 spiro atoms. The molecule has 3 aromatic rings. The van der Waals surface area contributed by atoms with Crippen molar-refractivity contribution in [1.29, 1.82) is 0 Å². The number of carbonyl (C=O) groups excluding carboxylic acids is 2. The minimum Gasteiger partial charge on any atom is -0.340 e. The third-order valence-electron chi connectivity index (χ3n) is 5.43. The number of amides is 2. The normalized spacial score (nSPS) is 14.5. The van der Waals surface area contributed by atoms with E-state index < -0.39 is 6.04 Å². The Balaban J connectivity index is 1.50. The summed E-state index contributed by atoms with van der Waals surface area (Å²) < 4.78 is 0. The molecule has 1 aliphatic rings. The lowest BCUT2D eigenvalue weighted by Gasteiger charge is -2.23. The quantitative estimate of drug-likeness (QED) is 0.597. The maximum absolute atomic E-state index is 13.1. The highest BCUT2D eigenvalue weighted by atomic mass is 32.1. The second-order valence-corrected chi connectivity index (χ2v) is 8.66. The summed E-state index contributed by atoms with van der Waals surface area (Å²) in [5.41, 5.74) is 2.57. The van der Waals surface area contributed by atoms with Crippen molar-refractivity contribution in [2.24, 2.45) is 0 Å². The van der Waals surface area contributed by atoms with Crippen LogP contribution in [0.3, 0.4) is 0 Å². The van der Waals surface area contributed by atoms with Gasteiger partial charge < -0.3 is 10.6 Å². The van der Waals surface area contributed by atoms with Crippen LogP contribution in [0.2, 0.25) is 0 Å². The van der Waals surface area contributed by atoms with Crippen LogP contribution in [-0.2, 0) is 24.2 Å². The second kappa shape index (κ2) is 9.85. The van der Waals surface area contributed by atoms with Gasteiger partial charge in [-0.2, -0.15) is 0 Å². The van der Waals surface area contributed by atoms with Crippen LogP contribution in [0.25, 0.3) is 0 Å². The lowest BCUT2D eigenvalue weighted by Crippen LogP contribution is -2.45. The Morgan fingerprint density at radius 3 is 2.52 bits per heavy atom. The molecule has 1 unspecified atom stereocenters. The van der Waals surface area contributed by atoms with Crippen molar-refractivity contribution >= 4 is 28.3 Å². The molecule has 0 saturated carbocycles. The fraction of sp³-hybridized carbons (Fsp3) is 0.292. The number of hydrogen-bond donors (Lipinski definition) is 2. The van der Waals surface area contributed by atoms with E-state index in [2.05, 4.69) is 27.4 Å². The lowest BCUT2D eigenvalue weighted by atomic mass is 10.0. The largest absolute Gasteiger partial charge is 0.340 e. The van der Waals surface area contributed by atoms with E-state index in [4.69, 9.17) is 0 Å². The fourth-order valence-corrected chi connectivity index (χ4v) is 4.71. The number of fused-ring (bicyclic) bond motifs is 1. The molecule has 6 nitrogen and oxygen atoms in total.